The van der Waals surface area contributed by atoms with Crippen LogP contribution >= 0.6 is 0 Å². The molecule has 0 bridgehead atoms. The van der Waals surface area contributed by atoms with Crippen LogP contribution in [0.5, 0.6) is 11.5 Å². The summed E-state index contributed by atoms with van der Waals surface area (Å²) in [6, 6.07) is 73.8. The van der Waals surface area contributed by atoms with Crippen LogP contribution in [0.15, 0.2) is 206 Å². The Bertz CT molecular complexity index is 2970. The molecule has 1 aliphatic heterocycles. The molecule has 0 spiro atoms. The molecule has 0 amide bonds. The van der Waals surface area contributed by atoms with Crippen molar-refractivity contribution in [1.29, 1.82) is 0 Å². The average molecular weight is 703 g/mol. The van der Waals surface area contributed by atoms with E-state index in [2.05, 4.69) is 216 Å². The van der Waals surface area contributed by atoms with Gasteiger partial charge < -0.3 is 14.2 Å². The molecule has 55 heavy (non-hydrogen) atoms. The molecule has 3 nitrogen and oxygen atoms in total. The summed E-state index contributed by atoms with van der Waals surface area (Å²) >= 11 is 0. The molecule has 0 fully saturated rings. The highest BCUT2D eigenvalue weighted by atomic mass is 16.5. The fraction of sp³-hybridized carbons (Fsp3) is 0. The molecule has 0 N–H and O–H groups in total. The number of para-hydroxylation sites is 2. The number of anilines is 3. The second-order valence-corrected chi connectivity index (χ2v) is 14.1. The summed E-state index contributed by atoms with van der Waals surface area (Å²) in [4.78, 5) is 2.38. The maximum Gasteiger partial charge on any atom is 0.152 e. The second kappa shape index (κ2) is 12.6. The van der Waals surface area contributed by atoms with Crippen molar-refractivity contribution in [3.63, 3.8) is 0 Å². The van der Waals surface area contributed by atoms with Gasteiger partial charge in [0.15, 0.2) is 11.5 Å². The molecule has 0 atom stereocenters. The molecule has 3 heteroatoms. The molecule has 11 rings (SSSR count). The van der Waals surface area contributed by atoms with Gasteiger partial charge in [0, 0.05) is 21.8 Å². The normalized spacial score (nSPS) is 12.1. The molecule has 2 heterocycles. The molecule has 0 saturated carbocycles. The quantitative estimate of drug-likeness (QED) is 0.178. The molecule has 1 aromatic heterocycles. The third-order valence-electron chi connectivity index (χ3n) is 11.0. The summed E-state index contributed by atoms with van der Waals surface area (Å²) in [5, 5.41) is 4.85. The van der Waals surface area contributed by atoms with Crippen molar-refractivity contribution in [3.05, 3.63) is 206 Å². The van der Waals surface area contributed by atoms with E-state index in [-0.39, 0.29) is 0 Å². The lowest BCUT2D eigenvalue weighted by Crippen LogP contribution is -2.16. The molecule has 10 aromatic rings. The molecule has 0 saturated heterocycles. The Balaban J connectivity index is 1.09. The van der Waals surface area contributed by atoms with Crippen molar-refractivity contribution in [2.45, 2.75) is 0 Å². The predicted octanol–water partition coefficient (Wildman–Crippen LogP) is 14.5. The minimum Gasteiger partial charge on any atom is -0.453 e. The van der Waals surface area contributed by atoms with Gasteiger partial charge in [-0.15, -0.1) is 0 Å². The minimum atomic E-state index is 0.826. The van der Waals surface area contributed by atoms with E-state index < -0.39 is 0 Å². The van der Waals surface area contributed by atoms with Crippen LogP contribution in [0.2, 0.25) is 0 Å². The fourth-order valence-electron chi connectivity index (χ4n) is 8.41. The number of hydrogen-bond donors (Lipinski definition) is 0. The number of fused-ring (bicyclic) bond motifs is 6. The van der Waals surface area contributed by atoms with Gasteiger partial charge in [0.25, 0.3) is 0 Å². The predicted molar refractivity (Wildman–Crippen MR) is 229 cm³/mol. The van der Waals surface area contributed by atoms with Crippen LogP contribution in [-0.4, -0.2) is 4.57 Å². The van der Waals surface area contributed by atoms with Crippen molar-refractivity contribution < 1.29 is 4.74 Å². The Morgan fingerprint density at radius 1 is 0.309 bits per heavy atom. The van der Waals surface area contributed by atoms with Crippen LogP contribution in [0.25, 0.3) is 71.6 Å². The molecule has 258 valence electrons. The number of nitrogens with zero attached hydrogens (tertiary/aromatic N) is 2. The summed E-state index contributed by atoms with van der Waals surface area (Å²) in [6.07, 6.45) is 0. The van der Waals surface area contributed by atoms with Crippen LogP contribution in [0.4, 0.5) is 17.1 Å². The van der Waals surface area contributed by atoms with E-state index in [1.54, 1.807) is 0 Å². The largest absolute Gasteiger partial charge is 0.453 e. The zero-order valence-electron chi connectivity index (χ0n) is 29.9. The Labute approximate surface area is 319 Å². The Morgan fingerprint density at radius 3 is 1.47 bits per heavy atom. The van der Waals surface area contributed by atoms with Gasteiger partial charge >= 0.3 is 0 Å². The lowest BCUT2D eigenvalue weighted by atomic mass is 9.94. The van der Waals surface area contributed by atoms with Gasteiger partial charge in [0.05, 0.1) is 28.1 Å². The van der Waals surface area contributed by atoms with Crippen LogP contribution in [0.3, 0.4) is 0 Å². The summed E-state index contributed by atoms with van der Waals surface area (Å²) in [6.45, 7) is 0. The lowest BCUT2D eigenvalue weighted by Gasteiger charge is -2.34. The van der Waals surface area contributed by atoms with Gasteiger partial charge in [0.1, 0.15) is 0 Å². The first-order chi connectivity index (χ1) is 27.3. The van der Waals surface area contributed by atoms with E-state index in [9.17, 15) is 0 Å². The van der Waals surface area contributed by atoms with E-state index >= 15 is 0 Å². The van der Waals surface area contributed by atoms with Crippen molar-refractivity contribution in [2.24, 2.45) is 0 Å². The van der Waals surface area contributed by atoms with Crippen LogP contribution in [-0.2, 0) is 0 Å². The lowest BCUT2D eigenvalue weighted by molar-refractivity contribution is 0.477. The summed E-state index contributed by atoms with van der Waals surface area (Å²) in [5.41, 5.74) is 13.6. The van der Waals surface area contributed by atoms with Crippen molar-refractivity contribution >= 4 is 49.6 Å². The molecule has 1 aliphatic rings. The average Bonchev–Trinajstić information content (AvgIpc) is 3.59. The number of hydrogen-bond acceptors (Lipinski definition) is 2. The van der Waals surface area contributed by atoms with Gasteiger partial charge in [-0.2, -0.15) is 0 Å². The van der Waals surface area contributed by atoms with Crippen LogP contribution < -0.4 is 9.64 Å². The molecule has 9 aromatic carbocycles. The number of rotatable bonds is 5. The minimum absolute atomic E-state index is 0.826. The Hall–Kier alpha value is -7.36. The van der Waals surface area contributed by atoms with E-state index in [0.717, 1.165) is 56.5 Å². The summed E-state index contributed by atoms with van der Waals surface area (Å²) in [5.74, 6) is 1.65. The highest BCUT2D eigenvalue weighted by molar-refractivity contribution is 6.13. The first-order valence-corrected chi connectivity index (χ1v) is 18.8. The standard InChI is InChI=1S/C52H34N2O/c1-4-14-35(15-5-1)37-24-29-49-51(33-37)55-52-34-38(36-16-6-2-7-17-36)25-30-50(52)54(49)47-31-27-41(42-20-10-11-21-43(42)47)39-26-28-48-45(32-39)44-22-12-13-23-46(44)53(48)40-18-8-3-9-19-40/h1-34H. The smallest absolute Gasteiger partial charge is 0.152 e. The molecule has 0 unspecified atom stereocenters. The van der Waals surface area contributed by atoms with Crippen molar-refractivity contribution in [2.75, 3.05) is 4.90 Å². The zero-order chi connectivity index (χ0) is 36.3. The maximum atomic E-state index is 6.82. The van der Waals surface area contributed by atoms with Crippen molar-refractivity contribution in [3.8, 4) is 50.6 Å². The highest BCUT2D eigenvalue weighted by Crippen LogP contribution is 2.54. The molecular formula is C52H34N2O. The van der Waals surface area contributed by atoms with Crippen LogP contribution in [0, 0.1) is 0 Å². The molecule has 0 aliphatic carbocycles. The number of aromatic nitrogens is 1. The molecule has 0 radical (unpaired) electrons. The fourth-order valence-corrected chi connectivity index (χ4v) is 8.41. The third kappa shape index (κ3) is 5.13. The monoisotopic (exact) mass is 702 g/mol. The van der Waals surface area contributed by atoms with Gasteiger partial charge in [-0.25, -0.2) is 0 Å². The first kappa shape index (κ1) is 31.2. The van der Waals surface area contributed by atoms with Gasteiger partial charge in [-0.05, 0) is 99.4 Å². The topological polar surface area (TPSA) is 17.4 Å². The van der Waals surface area contributed by atoms with Crippen molar-refractivity contribution in [1.82, 2.24) is 4.57 Å². The van der Waals surface area contributed by atoms with E-state index in [1.807, 2.05) is 0 Å². The van der Waals surface area contributed by atoms with E-state index in [0.29, 0.717) is 0 Å². The SMILES string of the molecule is c1ccc(-c2ccc3c(c2)Oc2cc(-c4ccccc4)ccc2N3c2ccc(-c3ccc4c(c3)c3ccccc3n4-c3ccccc3)c3ccccc23)cc1. The number of benzene rings is 9. The van der Waals surface area contributed by atoms with Gasteiger partial charge in [-0.3, -0.25) is 0 Å². The van der Waals surface area contributed by atoms with E-state index in [1.165, 1.54) is 43.7 Å². The summed E-state index contributed by atoms with van der Waals surface area (Å²) < 4.78 is 9.20. The zero-order valence-corrected chi connectivity index (χ0v) is 29.9. The second-order valence-electron chi connectivity index (χ2n) is 14.1. The summed E-state index contributed by atoms with van der Waals surface area (Å²) in [7, 11) is 0. The first-order valence-electron chi connectivity index (χ1n) is 18.8. The number of ether oxygens (including phenoxy) is 1. The third-order valence-corrected chi connectivity index (χ3v) is 11.0. The Morgan fingerprint density at radius 2 is 0.818 bits per heavy atom. The molecular weight excluding hydrogens is 669 g/mol. The van der Waals surface area contributed by atoms with Crippen LogP contribution in [0.1, 0.15) is 0 Å². The van der Waals surface area contributed by atoms with E-state index in [4.69, 9.17) is 4.74 Å². The van der Waals surface area contributed by atoms with Gasteiger partial charge in [0.2, 0.25) is 0 Å². The van der Waals surface area contributed by atoms with Gasteiger partial charge in [-0.1, -0.05) is 146 Å². The highest BCUT2D eigenvalue weighted by Gasteiger charge is 2.28. The maximum absolute atomic E-state index is 6.82. The Kier molecular flexibility index (Phi) is 7.17.